The molecule has 0 atom stereocenters. The zero-order valence-corrected chi connectivity index (χ0v) is 11.5. The van der Waals surface area contributed by atoms with Gasteiger partial charge in [-0.2, -0.15) is 0 Å². The molecule has 1 aliphatic heterocycles. The molecule has 0 aliphatic carbocycles. The number of hydrogen-bond acceptors (Lipinski definition) is 4. The van der Waals surface area contributed by atoms with Crippen LogP contribution < -0.4 is 5.32 Å². The number of nitrogens with one attached hydrogen (secondary N) is 1. The van der Waals surface area contributed by atoms with Gasteiger partial charge in [0.05, 0.1) is 18.9 Å². The Morgan fingerprint density at radius 2 is 2.11 bits per heavy atom. The number of phenols is 1. The summed E-state index contributed by atoms with van der Waals surface area (Å²) in [5.74, 6) is -0.346. The highest BCUT2D eigenvalue weighted by Crippen LogP contribution is 2.23. The van der Waals surface area contributed by atoms with E-state index in [2.05, 4.69) is 5.32 Å². The minimum absolute atomic E-state index is 0.0312. The first kappa shape index (κ1) is 13.8. The molecule has 1 fully saturated rings. The molecule has 0 radical (unpaired) electrons. The quantitative estimate of drug-likeness (QED) is 0.600. The zero-order valence-electron chi connectivity index (χ0n) is 10.7. The predicted molar refractivity (Wildman–Crippen MR) is 76.5 cm³/mol. The van der Waals surface area contributed by atoms with Crippen LogP contribution in [0.4, 0.5) is 5.69 Å². The number of benzene rings is 1. The number of anilines is 1. The third-order valence-electron chi connectivity index (χ3n) is 2.89. The molecule has 0 saturated carbocycles. The Hall–Kier alpha value is -1.66. The molecule has 1 amide bonds. The normalized spacial score (nSPS) is 15.1. The van der Waals surface area contributed by atoms with Crippen molar-refractivity contribution >= 4 is 28.8 Å². The van der Waals surface area contributed by atoms with E-state index in [1.807, 2.05) is 6.92 Å². The first-order valence-corrected chi connectivity index (χ1v) is 6.46. The maximum absolute atomic E-state index is 12.0. The molecule has 19 heavy (non-hydrogen) atoms. The summed E-state index contributed by atoms with van der Waals surface area (Å²) >= 11 is 5.15. The number of carbonyl (C=O) groups excluding carboxylic acids is 1. The molecule has 102 valence electrons. The van der Waals surface area contributed by atoms with Gasteiger partial charge in [-0.15, -0.1) is 0 Å². The predicted octanol–water partition coefficient (Wildman–Crippen LogP) is 1.30. The van der Waals surface area contributed by atoms with Crippen LogP contribution in [0.2, 0.25) is 0 Å². The average Bonchev–Trinajstić information content (AvgIpc) is 2.43. The van der Waals surface area contributed by atoms with E-state index in [1.165, 1.54) is 0 Å². The van der Waals surface area contributed by atoms with E-state index in [4.69, 9.17) is 17.0 Å². The van der Waals surface area contributed by atoms with E-state index < -0.39 is 0 Å². The van der Waals surface area contributed by atoms with Crippen LogP contribution in [0, 0.1) is 6.92 Å². The minimum Gasteiger partial charge on any atom is -0.506 e. The summed E-state index contributed by atoms with van der Waals surface area (Å²) in [5, 5.41) is 12.3. The number of hydrogen-bond donors (Lipinski definition) is 2. The van der Waals surface area contributed by atoms with Crippen molar-refractivity contribution in [1.29, 1.82) is 0 Å². The SMILES string of the molecule is Cc1ccc(O)c(NC(=O)C(=S)N2CCOCC2)c1. The molecule has 5 nitrogen and oxygen atoms in total. The molecule has 1 aromatic carbocycles. The van der Waals surface area contributed by atoms with Crippen LogP contribution in [0.3, 0.4) is 0 Å². The molecular weight excluding hydrogens is 264 g/mol. The lowest BCUT2D eigenvalue weighted by Crippen LogP contribution is -2.44. The van der Waals surface area contributed by atoms with Gasteiger partial charge >= 0.3 is 0 Å². The van der Waals surface area contributed by atoms with Gasteiger partial charge in [0.2, 0.25) is 0 Å². The first-order valence-electron chi connectivity index (χ1n) is 6.05. The Kier molecular flexibility index (Phi) is 4.34. The summed E-state index contributed by atoms with van der Waals surface area (Å²) in [6.07, 6.45) is 0. The van der Waals surface area contributed by atoms with Crippen LogP contribution in [0.15, 0.2) is 18.2 Å². The van der Waals surface area contributed by atoms with Crippen molar-refractivity contribution in [3.05, 3.63) is 23.8 Å². The lowest BCUT2D eigenvalue weighted by molar-refractivity contribution is -0.111. The number of nitrogens with zero attached hydrogens (tertiary/aromatic N) is 1. The van der Waals surface area contributed by atoms with Gasteiger partial charge in [-0.3, -0.25) is 4.79 Å². The van der Waals surface area contributed by atoms with E-state index in [0.717, 1.165) is 5.56 Å². The van der Waals surface area contributed by atoms with Gasteiger partial charge in [-0.1, -0.05) is 18.3 Å². The maximum atomic E-state index is 12.0. The monoisotopic (exact) mass is 280 g/mol. The molecular formula is C13H16N2O3S. The maximum Gasteiger partial charge on any atom is 0.283 e. The number of carbonyl (C=O) groups is 1. The second-order valence-corrected chi connectivity index (χ2v) is 4.77. The summed E-state index contributed by atoms with van der Waals surface area (Å²) in [6.45, 7) is 4.26. The van der Waals surface area contributed by atoms with Crippen LogP contribution in [0.1, 0.15) is 5.56 Å². The molecule has 2 N–H and O–H groups in total. The highest BCUT2D eigenvalue weighted by molar-refractivity contribution is 7.82. The third kappa shape index (κ3) is 3.42. The molecule has 1 saturated heterocycles. The number of aryl methyl sites for hydroxylation is 1. The molecule has 0 bridgehead atoms. The van der Waals surface area contributed by atoms with E-state index >= 15 is 0 Å². The second-order valence-electron chi connectivity index (χ2n) is 4.38. The van der Waals surface area contributed by atoms with Crippen molar-refractivity contribution in [2.24, 2.45) is 0 Å². The van der Waals surface area contributed by atoms with E-state index in [0.29, 0.717) is 32.0 Å². The highest BCUT2D eigenvalue weighted by Gasteiger charge is 2.20. The Bertz CT molecular complexity index is 499. The number of thiocarbonyl (C=S) groups is 1. The van der Waals surface area contributed by atoms with Crippen LogP contribution in [0.25, 0.3) is 0 Å². The first-order chi connectivity index (χ1) is 9.08. The Morgan fingerprint density at radius 1 is 1.42 bits per heavy atom. The Morgan fingerprint density at radius 3 is 2.79 bits per heavy atom. The summed E-state index contributed by atoms with van der Waals surface area (Å²) in [6, 6.07) is 5.02. The smallest absolute Gasteiger partial charge is 0.283 e. The Labute approximate surface area is 117 Å². The third-order valence-corrected chi connectivity index (χ3v) is 3.34. The number of aromatic hydroxyl groups is 1. The van der Waals surface area contributed by atoms with Crippen LogP contribution in [0.5, 0.6) is 5.75 Å². The fourth-order valence-corrected chi connectivity index (χ4v) is 2.07. The number of morpholine rings is 1. The number of rotatable bonds is 1. The van der Waals surface area contributed by atoms with Gasteiger partial charge in [0, 0.05) is 13.1 Å². The van der Waals surface area contributed by atoms with Gasteiger partial charge < -0.3 is 20.1 Å². The van der Waals surface area contributed by atoms with Gasteiger partial charge in [-0.05, 0) is 24.6 Å². The summed E-state index contributed by atoms with van der Waals surface area (Å²) in [7, 11) is 0. The van der Waals surface area contributed by atoms with Crippen molar-refractivity contribution in [3.63, 3.8) is 0 Å². The van der Waals surface area contributed by atoms with Gasteiger partial charge in [0.25, 0.3) is 5.91 Å². The zero-order chi connectivity index (χ0) is 13.8. The van der Waals surface area contributed by atoms with Gasteiger partial charge in [-0.25, -0.2) is 0 Å². The molecule has 1 aliphatic rings. The molecule has 6 heteroatoms. The fraction of sp³-hybridized carbons (Fsp3) is 0.385. The van der Waals surface area contributed by atoms with Crippen molar-refractivity contribution in [1.82, 2.24) is 4.90 Å². The topological polar surface area (TPSA) is 61.8 Å². The minimum atomic E-state index is -0.377. The average molecular weight is 280 g/mol. The van der Waals surface area contributed by atoms with Crippen LogP contribution in [-0.2, 0) is 9.53 Å². The number of phenolic OH excluding ortho intramolecular Hbond substituents is 1. The lowest BCUT2D eigenvalue weighted by Gasteiger charge is -2.28. The van der Waals surface area contributed by atoms with Crippen molar-refractivity contribution in [3.8, 4) is 5.75 Å². The highest BCUT2D eigenvalue weighted by atomic mass is 32.1. The molecule has 1 heterocycles. The largest absolute Gasteiger partial charge is 0.506 e. The summed E-state index contributed by atoms with van der Waals surface area (Å²) in [4.78, 5) is 14.1. The van der Waals surface area contributed by atoms with E-state index in [1.54, 1.807) is 23.1 Å². The van der Waals surface area contributed by atoms with Gasteiger partial charge in [0.15, 0.2) is 4.99 Å². The van der Waals surface area contributed by atoms with Crippen molar-refractivity contribution in [2.75, 3.05) is 31.6 Å². The molecule has 1 aromatic rings. The van der Waals surface area contributed by atoms with Crippen molar-refractivity contribution < 1.29 is 14.6 Å². The van der Waals surface area contributed by atoms with Crippen LogP contribution >= 0.6 is 12.2 Å². The summed E-state index contributed by atoms with van der Waals surface area (Å²) in [5.41, 5.74) is 1.33. The van der Waals surface area contributed by atoms with E-state index in [-0.39, 0.29) is 16.6 Å². The van der Waals surface area contributed by atoms with E-state index in [9.17, 15) is 9.90 Å². The van der Waals surface area contributed by atoms with Crippen LogP contribution in [-0.4, -0.2) is 47.2 Å². The molecule has 0 aromatic heterocycles. The molecule has 2 rings (SSSR count). The number of amides is 1. The molecule has 0 spiro atoms. The van der Waals surface area contributed by atoms with Gasteiger partial charge in [0.1, 0.15) is 5.75 Å². The fourth-order valence-electron chi connectivity index (χ4n) is 1.84. The Balaban J connectivity index is 2.03. The standard InChI is InChI=1S/C13H16N2O3S/c1-9-2-3-11(16)10(8-9)14-12(17)13(19)15-4-6-18-7-5-15/h2-3,8,16H,4-7H2,1H3,(H,14,17). The lowest BCUT2D eigenvalue weighted by atomic mass is 10.2. The second kappa shape index (κ2) is 5.99. The number of ether oxygens (including phenoxy) is 1. The summed E-state index contributed by atoms with van der Waals surface area (Å²) < 4.78 is 5.21. The molecule has 0 unspecified atom stereocenters. The van der Waals surface area contributed by atoms with Crippen molar-refractivity contribution in [2.45, 2.75) is 6.92 Å².